The minimum absolute atomic E-state index is 0.0428. The molecule has 6 nitrogen and oxygen atoms in total. The zero-order chi connectivity index (χ0) is 21.6. The maximum Gasteiger partial charge on any atom is 0.265 e. The van der Waals surface area contributed by atoms with Gasteiger partial charge < -0.3 is 19.7 Å². The molecule has 1 heterocycles. The normalized spacial score (nSPS) is 12.7. The van der Waals surface area contributed by atoms with Gasteiger partial charge in [-0.15, -0.1) is 0 Å². The predicted molar refractivity (Wildman–Crippen MR) is 120 cm³/mol. The lowest BCUT2D eigenvalue weighted by molar-refractivity contribution is -0.121. The second-order valence-corrected chi connectivity index (χ2v) is 7.39. The summed E-state index contributed by atoms with van der Waals surface area (Å²) in [6.07, 6.45) is 0.291. The first-order valence-corrected chi connectivity index (χ1v) is 10.2. The molecule has 0 unspecified atom stereocenters. The molecule has 0 bridgehead atoms. The van der Waals surface area contributed by atoms with E-state index in [0.717, 1.165) is 16.9 Å². The van der Waals surface area contributed by atoms with Crippen molar-refractivity contribution >= 4 is 23.2 Å². The molecule has 0 aliphatic carbocycles. The first-order chi connectivity index (χ1) is 15.1. The molecule has 0 radical (unpaired) electrons. The standard InChI is InChI=1S/C25H24N2O4/c1-18-6-5-9-21(14-18)30-13-12-27-22-11-10-20(16-23(22)31-17-25(27)29)26-24(28)15-19-7-3-2-4-8-19/h2-11,14,16H,12-13,15,17H2,1H3,(H,26,28). The summed E-state index contributed by atoms with van der Waals surface area (Å²) in [5, 5.41) is 2.89. The van der Waals surface area contributed by atoms with Crippen LogP contribution in [0.2, 0.25) is 0 Å². The monoisotopic (exact) mass is 416 g/mol. The average molecular weight is 416 g/mol. The molecule has 3 aromatic rings. The van der Waals surface area contributed by atoms with Gasteiger partial charge in [-0.05, 0) is 42.3 Å². The van der Waals surface area contributed by atoms with E-state index in [2.05, 4.69) is 5.32 Å². The van der Waals surface area contributed by atoms with E-state index in [4.69, 9.17) is 9.47 Å². The highest BCUT2D eigenvalue weighted by atomic mass is 16.5. The Kier molecular flexibility index (Phi) is 6.17. The van der Waals surface area contributed by atoms with Gasteiger partial charge >= 0.3 is 0 Å². The number of fused-ring (bicyclic) bond motifs is 1. The number of hydrogen-bond acceptors (Lipinski definition) is 4. The SMILES string of the molecule is Cc1cccc(OCCN2C(=O)COc3cc(NC(=O)Cc4ccccc4)ccc32)c1. The number of nitrogens with zero attached hydrogens (tertiary/aromatic N) is 1. The lowest BCUT2D eigenvalue weighted by Gasteiger charge is -2.29. The molecule has 2 amide bonds. The molecular formula is C25H24N2O4. The fraction of sp³-hybridized carbons (Fsp3) is 0.200. The first kappa shape index (κ1) is 20.5. The Morgan fingerprint density at radius 1 is 1.06 bits per heavy atom. The molecule has 1 aliphatic heterocycles. The molecule has 31 heavy (non-hydrogen) atoms. The second kappa shape index (κ2) is 9.34. The number of anilines is 2. The molecule has 0 atom stereocenters. The smallest absolute Gasteiger partial charge is 0.265 e. The lowest BCUT2D eigenvalue weighted by Crippen LogP contribution is -2.41. The van der Waals surface area contributed by atoms with E-state index in [1.54, 1.807) is 23.1 Å². The van der Waals surface area contributed by atoms with Crippen molar-refractivity contribution in [2.75, 3.05) is 30.0 Å². The summed E-state index contributed by atoms with van der Waals surface area (Å²) in [4.78, 5) is 26.4. The lowest BCUT2D eigenvalue weighted by atomic mass is 10.1. The zero-order valence-corrected chi connectivity index (χ0v) is 17.3. The summed E-state index contributed by atoms with van der Waals surface area (Å²) >= 11 is 0. The minimum atomic E-state index is -0.124. The fourth-order valence-electron chi connectivity index (χ4n) is 3.47. The molecule has 6 heteroatoms. The van der Waals surface area contributed by atoms with Gasteiger partial charge in [-0.3, -0.25) is 9.59 Å². The maximum absolute atomic E-state index is 12.4. The third kappa shape index (κ3) is 5.22. The molecular weight excluding hydrogens is 392 g/mol. The predicted octanol–water partition coefficient (Wildman–Crippen LogP) is 3.98. The van der Waals surface area contributed by atoms with Gasteiger partial charge in [0.25, 0.3) is 5.91 Å². The van der Waals surface area contributed by atoms with Crippen LogP contribution in [0, 0.1) is 6.92 Å². The van der Waals surface area contributed by atoms with Crippen LogP contribution in [0.25, 0.3) is 0 Å². The Morgan fingerprint density at radius 3 is 2.71 bits per heavy atom. The Morgan fingerprint density at radius 2 is 1.90 bits per heavy atom. The molecule has 4 rings (SSSR count). The zero-order valence-electron chi connectivity index (χ0n) is 17.3. The molecule has 3 aromatic carbocycles. The molecule has 1 aliphatic rings. The number of carbonyl (C=O) groups excluding carboxylic acids is 2. The Balaban J connectivity index is 1.40. The van der Waals surface area contributed by atoms with Crippen molar-refractivity contribution in [3.63, 3.8) is 0 Å². The summed E-state index contributed by atoms with van der Waals surface area (Å²) in [6.45, 7) is 2.73. The fourth-order valence-corrected chi connectivity index (χ4v) is 3.47. The van der Waals surface area contributed by atoms with E-state index < -0.39 is 0 Å². The van der Waals surface area contributed by atoms with Crippen molar-refractivity contribution in [2.45, 2.75) is 13.3 Å². The summed E-state index contributed by atoms with van der Waals surface area (Å²) < 4.78 is 11.4. The van der Waals surface area contributed by atoms with Gasteiger partial charge in [-0.1, -0.05) is 42.5 Å². The largest absolute Gasteiger partial charge is 0.492 e. The van der Waals surface area contributed by atoms with Crippen LogP contribution < -0.4 is 19.7 Å². The number of amides is 2. The van der Waals surface area contributed by atoms with Gasteiger partial charge in [-0.25, -0.2) is 0 Å². The molecule has 0 spiro atoms. The van der Waals surface area contributed by atoms with Gasteiger partial charge in [0.1, 0.15) is 18.1 Å². The van der Waals surface area contributed by atoms with Gasteiger partial charge in [0, 0.05) is 11.8 Å². The van der Waals surface area contributed by atoms with Crippen LogP contribution >= 0.6 is 0 Å². The highest BCUT2D eigenvalue weighted by molar-refractivity contribution is 5.99. The number of ether oxygens (including phenoxy) is 2. The van der Waals surface area contributed by atoms with Gasteiger partial charge in [0.2, 0.25) is 5.91 Å². The van der Waals surface area contributed by atoms with Crippen LogP contribution in [0.3, 0.4) is 0 Å². The average Bonchev–Trinajstić information content (AvgIpc) is 2.76. The van der Waals surface area contributed by atoms with E-state index in [1.165, 1.54) is 0 Å². The topological polar surface area (TPSA) is 67.9 Å². The van der Waals surface area contributed by atoms with Crippen molar-refractivity contribution < 1.29 is 19.1 Å². The Bertz CT molecular complexity index is 1080. The van der Waals surface area contributed by atoms with Crippen LogP contribution in [0.15, 0.2) is 72.8 Å². The van der Waals surface area contributed by atoms with Crippen LogP contribution in [0.1, 0.15) is 11.1 Å². The van der Waals surface area contributed by atoms with Crippen LogP contribution in [-0.4, -0.2) is 31.6 Å². The van der Waals surface area contributed by atoms with Crippen molar-refractivity contribution in [3.8, 4) is 11.5 Å². The van der Waals surface area contributed by atoms with Gasteiger partial charge in [-0.2, -0.15) is 0 Å². The number of nitrogens with one attached hydrogen (secondary N) is 1. The summed E-state index contributed by atoms with van der Waals surface area (Å²) in [5.41, 5.74) is 3.36. The van der Waals surface area contributed by atoms with Crippen LogP contribution in [0.4, 0.5) is 11.4 Å². The van der Waals surface area contributed by atoms with Crippen molar-refractivity contribution in [1.29, 1.82) is 0 Å². The highest BCUT2D eigenvalue weighted by Crippen LogP contribution is 2.34. The summed E-state index contributed by atoms with van der Waals surface area (Å²) in [7, 11) is 0. The number of rotatable bonds is 7. The van der Waals surface area contributed by atoms with E-state index >= 15 is 0 Å². The molecule has 1 N–H and O–H groups in total. The molecule has 158 valence electrons. The van der Waals surface area contributed by atoms with Gasteiger partial charge in [0.05, 0.1) is 18.7 Å². The quantitative estimate of drug-likeness (QED) is 0.633. The number of hydrogen-bond donors (Lipinski definition) is 1. The Labute approximate surface area is 181 Å². The van der Waals surface area contributed by atoms with Crippen molar-refractivity contribution in [2.24, 2.45) is 0 Å². The first-order valence-electron chi connectivity index (χ1n) is 10.2. The van der Waals surface area contributed by atoms with Crippen molar-refractivity contribution in [1.82, 2.24) is 0 Å². The molecule has 0 saturated carbocycles. The summed E-state index contributed by atoms with van der Waals surface area (Å²) in [5.74, 6) is 1.10. The Hall–Kier alpha value is -3.80. The number of carbonyl (C=O) groups is 2. The molecule has 0 aromatic heterocycles. The van der Waals surface area contributed by atoms with Gasteiger partial charge in [0.15, 0.2) is 6.61 Å². The summed E-state index contributed by atoms with van der Waals surface area (Å²) in [6, 6.07) is 22.7. The third-order valence-corrected chi connectivity index (χ3v) is 4.97. The van der Waals surface area contributed by atoms with E-state index in [9.17, 15) is 9.59 Å². The minimum Gasteiger partial charge on any atom is -0.492 e. The van der Waals surface area contributed by atoms with Crippen molar-refractivity contribution in [3.05, 3.63) is 83.9 Å². The highest BCUT2D eigenvalue weighted by Gasteiger charge is 2.25. The third-order valence-electron chi connectivity index (χ3n) is 4.97. The molecule has 0 fully saturated rings. The van der Waals surface area contributed by atoms with Crippen LogP contribution in [-0.2, 0) is 16.0 Å². The molecule has 0 saturated heterocycles. The van der Waals surface area contributed by atoms with E-state index in [-0.39, 0.29) is 18.4 Å². The van der Waals surface area contributed by atoms with E-state index in [1.807, 2.05) is 61.5 Å². The second-order valence-electron chi connectivity index (χ2n) is 7.39. The number of aryl methyl sites for hydroxylation is 1. The maximum atomic E-state index is 12.4. The number of benzene rings is 3. The van der Waals surface area contributed by atoms with Crippen LogP contribution in [0.5, 0.6) is 11.5 Å². The van der Waals surface area contributed by atoms with E-state index in [0.29, 0.717) is 36.7 Å².